The van der Waals surface area contributed by atoms with Crippen LogP contribution < -0.4 is 5.32 Å². The molecule has 0 fully saturated rings. The van der Waals surface area contributed by atoms with Crippen molar-refractivity contribution in [3.63, 3.8) is 0 Å². The monoisotopic (exact) mass is 257 g/mol. The first kappa shape index (κ1) is 13.0. The average Bonchev–Trinajstić information content (AvgIpc) is 2.37. The van der Waals surface area contributed by atoms with E-state index in [1.165, 1.54) is 12.1 Å². The number of rotatable bonds is 3. The van der Waals surface area contributed by atoms with Crippen LogP contribution >= 0.6 is 0 Å². The summed E-state index contributed by atoms with van der Waals surface area (Å²) in [4.78, 5) is 14.9. The van der Waals surface area contributed by atoms with Gasteiger partial charge in [-0.1, -0.05) is 17.2 Å². The van der Waals surface area contributed by atoms with Crippen molar-refractivity contribution in [3.8, 4) is 11.3 Å². The van der Waals surface area contributed by atoms with Crippen molar-refractivity contribution in [1.29, 1.82) is 0 Å². The van der Waals surface area contributed by atoms with Crippen molar-refractivity contribution in [2.75, 3.05) is 12.4 Å². The van der Waals surface area contributed by atoms with Gasteiger partial charge in [-0.25, -0.2) is 4.98 Å². The van der Waals surface area contributed by atoms with E-state index in [4.69, 9.17) is 0 Å². The Morgan fingerprint density at radius 3 is 2.26 bits per heavy atom. The quantitative estimate of drug-likeness (QED) is 0.676. The summed E-state index contributed by atoms with van der Waals surface area (Å²) >= 11 is 0. The minimum absolute atomic E-state index is 0.0357. The lowest BCUT2D eigenvalue weighted by atomic mass is 10.0. The van der Waals surface area contributed by atoms with Gasteiger partial charge < -0.3 is 5.32 Å². The Morgan fingerprint density at radius 1 is 1.11 bits per heavy atom. The van der Waals surface area contributed by atoms with E-state index in [9.17, 15) is 10.1 Å². The summed E-state index contributed by atoms with van der Waals surface area (Å²) in [7, 11) is 1.69. The van der Waals surface area contributed by atoms with Crippen LogP contribution in [0.25, 0.3) is 11.3 Å². The first-order chi connectivity index (χ1) is 8.99. The molecular weight excluding hydrogens is 242 g/mol. The summed E-state index contributed by atoms with van der Waals surface area (Å²) in [5, 5.41) is 13.8. The molecule has 1 aromatic heterocycles. The van der Waals surface area contributed by atoms with Gasteiger partial charge in [0.2, 0.25) is 0 Å². The zero-order valence-electron chi connectivity index (χ0n) is 11.1. The van der Waals surface area contributed by atoms with Crippen molar-refractivity contribution in [2.45, 2.75) is 13.8 Å². The number of hydrogen-bond acceptors (Lipinski definition) is 4. The molecule has 0 aliphatic heterocycles. The standard InChI is InChI=1S/C14H15N3O2/c1-9-4-10(2)6-11(5-9)13-7-12(17(18)19)8-14(15-3)16-13/h4-8H,1-3H3,(H,15,16). The van der Waals surface area contributed by atoms with E-state index in [0.717, 1.165) is 16.7 Å². The molecule has 0 aliphatic rings. The second-order valence-electron chi connectivity index (χ2n) is 4.48. The maximum absolute atomic E-state index is 10.9. The second-order valence-corrected chi connectivity index (χ2v) is 4.48. The highest BCUT2D eigenvalue weighted by atomic mass is 16.6. The number of benzene rings is 1. The predicted octanol–water partition coefficient (Wildman–Crippen LogP) is 3.32. The number of aryl methyl sites for hydroxylation is 2. The third-order valence-electron chi connectivity index (χ3n) is 2.79. The molecule has 0 saturated carbocycles. The molecule has 0 unspecified atom stereocenters. The Hall–Kier alpha value is -2.43. The van der Waals surface area contributed by atoms with Crippen LogP contribution in [0, 0.1) is 24.0 Å². The average molecular weight is 257 g/mol. The molecular formula is C14H15N3O2. The van der Waals surface area contributed by atoms with Gasteiger partial charge in [-0.05, 0) is 26.0 Å². The van der Waals surface area contributed by atoms with Gasteiger partial charge in [0, 0.05) is 18.7 Å². The first-order valence-corrected chi connectivity index (χ1v) is 5.92. The van der Waals surface area contributed by atoms with Crippen LogP contribution in [-0.2, 0) is 0 Å². The topological polar surface area (TPSA) is 68.1 Å². The van der Waals surface area contributed by atoms with Crippen LogP contribution in [0.3, 0.4) is 0 Å². The molecule has 0 radical (unpaired) electrons. The minimum atomic E-state index is -0.408. The van der Waals surface area contributed by atoms with E-state index >= 15 is 0 Å². The molecule has 2 aromatic rings. The number of hydrogen-bond donors (Lipinski definition) is 1. The largest absolute Gasteiger partial charge is 0.373 e. The molecule has 0 bridgehead atoms. The molecule has 2 rings (SSSR count). The van der Waals surface area contributed by atoms with Gasteiger partial charge in [-0.3, -0.25) is 10.1 Å². The van der Waals surface area contributed by atoms with Crippen molar-refractivity contribution in [1.82, 2.24) is 4.98 Å². The normalized spacial score (nSPS) is 10.3. The van der Waals surface area contributed by atoms with Crippen LogP contribution in [0.1, 0.15) is 11.1 Å². The lowest BCUT2D eigenvalue weighted by Crippen LogP contribution is -1.97. The molecule has 0 amide bonds. The molecule has 0 spiro atoms. The van der Waals surface area contributed by atoms with E-state index in [1.54, 1.807) is 7.05 Å². The number of nitrogens with zero attached hydrogens (tertiary/aromatic N) is 2. The molecule has 5 heteroatoms. The number of nitro groups is 1. The van der Waals surface area contributed by atoms with Crippen molar-refractivity contribution in [3.05, 3.63) is 51.6 Å². The van der Waals surface area contributed by atoms with Crippen LogP contribution in [0.15, 0.2) is 30.3 Å². The Balaban J connectivity index is 2.60. The van der Waals surface area contributed by atoms with E-state index in [1.807, 2.05) is 26.0 Å². The summed E-state index contributed by atoms with van der Waals surface area (Å²) in [6, 6.07) is 8.91. The highest BCUT2D eigenvalue weighted by molar-refractivity contribution is 5.66. The lowest BCUT2D eigenvalue weighted by Gasteiger charge is -2.07. The molecule has 1 heterocycles. The molecule has 0 saturated heterocycles. The Labute approximate surface area is 111 Å². The second kappa shape index (κ2) is 5.06. The Kier molecular flexibility index (Phi) is 3.46. The van der Waals surface area contributed by atoms with Gasteiger partial charge in [0.1, 0.15) is 5.82 Å². The van der Waals surface area contributed by atoms with Crippen molar-refractivity contribution >= 4 is 11.5 Å². The van der Waals surface area contributed by atoms with Crippen LogP contribution in [0.2, 0.25) is 0 Å². The molecule has 5 nitrogen and oxygen atoms in total. The van der Waals surface area contributed by atoms with Crippen LogP contribution in [0.5, 0.6) is 0 Å². The van der Waals surface area contributed by atoms with Crippen molar-refractivity contribution < 1.29 is 4.92 Å². The van der Waals surface area contributed by atoms with Crippen LogP contribution in [0.4, 0.5) is 11.5 Å². The molecule has 98 valence electrons. The smallest absolute Gasteiger partial charge is 0.275 e. The minimum Gasteiger partial charge on any atom is -0.373 e. The first-order valence-electron chi connectivity index (χ1n) is 5.92. The van der Waals surface area contributed by atoms with Gasteiger partial charge in [0.25, 0.3) is 5.69 Å². The summed E-state index contributed by atoms with van der Waals surface area (Å²) in [6.45, 7) is 3.99. The zero-order chi connectivity index (χ0) is 14.0. The molecule has 1 N–H and O–H groups in total. The number of anilines is 1. The van der Waals surface area contributed by atoms with E-state index in [0.29, 0.717) is 11.5 Å². The summed E-state index contributed by atoms with van der Waals surface area (Å²) in [5.41, 5.74) is 3.74. The number of pyridine rings is 1. The van der Waals surface area contributed by atoms with Crippen molar-refractivity contribution in [2.24, 2.45) is 0 Å². The van der Waals surface area contributed by atoms with E-state index < -0.39 is 4.92 Å². The highest BCUT2D eigenvalue weighted by Gasteiger charge is 2.12. The van der Waals surface area contributed by atoms with Gasteiger partial charge >= 0.3 is 0 Å². The predicted molar refractivity (Wildman–Crippen MR) is 75.3 cm³/mol. The van der Waals surface area contributed by atoms with Gasteiger partial charge in [0.15, 0.2) is 0 Å². The van der Waals surface area contributed by atoms with E-state index in [-0.39, 0.29) is 5.69 Å². The van der Waals surface area contributed by atoms with Crippen LogP contribution in [-0.4, -0.2) is 17.0 Å². The maximum atomic E-state index is 10.9. The van der Waals surface area contributed by atoms with Gasteiger partial charge in [-0.15, -0.1) is 0 Å². The zero-order valence-corrected chi connectivity index (χ0v) is 11.1. The van der Waals surface area contributed by atoms with E-state index in [2.05, 4.69) is 16.4 Å². The summed E-state index contributed by atoms with van der Waals surface area (Å²) in [6.07, 6.45) is 0. The fraction of sp³-hybridized carbons (Fsp3) is 0.214. The maximum Gasteiger partial charge on any atom is 0.275 e. The SMILES string of the molecule is CNc1cc([N+](=O)[O-])cc(-c2cc(C)cc(C)c2)n1. The molecule has 19 heavy (non-hydrogen) atoms. The molecule has 0 aliphatic carbocycles. The van der Waals surface area contributed by atoms with Gasteiger partial charge in [0.05, 0.1) is 16.7 Å². The fourth-order valence-corrected chi connectivity index (χ4v) is 2.02. The summed E-state index contributed by atoms with van der Waals surface area (Å²) in [5.74, 6) is 0.489. The van der Waals surface area contributed by atoms with Gasteiger partial charge in [-0.2, -0.15) is 0 Å². The third-order valence-corrected chi connectivity index (χ3v) is 2.79. The lowest BCUT2D eigenvalue weighted by molar-refractivity contribution is -0.384. The Morgan fingerprint density at radius 2 is 1.74 bits per heavy atom. The Bertz CT molecular complexity index is 618. The fourth-order valence-electron chi connectivity index (χ4n) is 2.02. The highest BCUT2D eigenvalue weighted by Crippen LogP contribution is 2.26. The molecule has 0 atom stereocenters. The third kappa shape index (κ3) is 2.88. The molecule has 1 aromatic carbocycles. The number of nitrogens with one attached hydrogen (secondary N) is 1. The number of aromatic nitrogens is 1. The summed E-state index contributed by atoms with van der Waals surface area (Å²) < 4.78 is 0.